The van der Waals surface area contributed by atoms with Gasteiger partial charge >= 0.3 is 0 Å². The van der Waals surface area contributed by atoms with Gasteiger partial charge in [-0.15, -0.1) is 0 Å². The van der Waals surface area contributed by atoms with Gasteiger partial charge in [0.25, 0.3) is 5.91 Å². The average Bonchev–Trinajstić information content (AvgIpc) is 3.05. The highest BCUT2D eigenvalue weighted by atomic mass is 19.2. The fraction of sp³-hybridized carbons (Fsp3) is 0.543. The Kier molecular flexibility index (Phi) is 12.1. The number of fused-ring (bicyclic) bond motifs is 2. The maximum Gasteiger partial charge on any atom is 0.258 e. The van der Waals surface area contributed by atoms with E-state index in [1.807, 2.05) is 32.0 Å². The minimum atomic E-state index is -1.33. The van der Waals surface area contributed by atoms with E-state index in [1.54, 1.807) is 12.1 Å². The molecule has 262 valence electrons. The number of aliphatic hydroxyl groups is 1. The Hall–Kier alpha value is -4.10. The van der Waals surface area contributed by atoms with E-state index in [9.17, 15) is 33.1 Å². The summed E-state index contributed by atoms with van der Waals surface area (Å²) in [5, 5.41) is 18.7. The second-order valence-electron chi connectivity index (χ2n) is 13.5. The van der Waals surface area contributed by atoms with Gasteiger partial charge in [-0.3, -0.25) is 24.1 Å². The van der Waals surface area contributed by atoms with Crippen molar-refractivity contribution in [3.05, 3.63) is 65.2 Å². The van der Waals surface area contributed by atoms with E-state index in [1.165, 1.54) is 27.0 Å². The second-order valence-corrected chi connectivity index (χ2v) is 13.5. The molecule has 0 unspecified atom stereocenters. The SMILES string of the molecule is CC(C)[C@H]1NC(=O)[C@H](C)N(C)C(=O)[C@H]([C@@H](C)O)NC(=O)COc2cccc(c2)CC2(CCN(Cc3cccc(F)c3F)CC2)CNC1=O. The van der Waals surface area contributed by atoms with Crippen molar-refractivity contribution in [2.24, 2.45) is 11.3 Å². The van der Waals surface area contributed by atoms with Gasteiger partial charge in [-0.1, -0.05) is 38.1 Å². The maximum atomic E-state index is 14.4. The molecular weight excluding hydrogens is 624 g/mol. The van der Waals surface area contributed by atoms with Gasteiger partial charge in [0.1, 0.15) is 23.9 Å². The smallest absolute Gasteiger partial charge is 0.258 e. The third-order valence-electron chi connectivity index (χ3n) is 9.45. The number of likely N-dealkylation sites (tertiary alicyclic amines) is 1. The molecule has 0 aliphatic carbocycles. The molecule has 4 amide bonds. The van der Waals surface area contributed by atoms with Crippen LogP contribution in [0.4, 0.5) is 8.78 Å². The predicted molar refractivity (Wildman–Crippen MR) is 175 cm³/mol. The van der Waals surface area contributed by atoms with Crippen LogP contribution in [0.15, 0.2) is 42.5 Å². The predicted octanol–water partition coefficient (Wildman–Crippen LogP) is 2.15. The number of carbonyl (C=O) groups is 4. The summed E-state index contributed by atoms with van der Waals surface area (Å²) in [6.07, 6.45) is 0.571. The summed E-state index contributed by atoms with van der Waals surface area (Å²) in [6, 6.07) is 8.18. The summed E-state index contributed by atoms with van der Waals surface area (Å²) in [5.74, 6) is -3.84. The van der Waals surface area contributed by atoms with E-state index < -0.39 is 65.6 Å². The Morgan fingerprint density at radius 2 is 1.67 bits per heavy atom. The Bertz CT molecular complexity index is 1480. The fourth-order valence-corrected chi connectivity index (χ4v) is 6.22. The highest BCUT2D eigenvalue weighted by molar-refractivity contribution is 5.94. The molecule has 1 saturated heterocycles. The monoisotopic (exact) mass is 671 g/mol. The summed E-state index contributed by atoms with van der Waals surface area (Å²) in [4.78, 5) is 56.3. The number of nitrogens with zero attached hydrogens (tertiary/aromatic N) is 2. The average molecular weight is 672 g/mol. The molecule has 48 heavy (non-hydrogen) atoms. The van der Waals surface area contributed by atoms with E-state index in [-0.39, 0.29) is 23.9 Å². The Balaban J connectivity index is 1.61. The lowest BCUT2D eigenvalue weighted by molar-refractivity contribution is -0.144. The number of rotatable bonds is 4. The summed E-state index contributed by atoms with van der Waals surface area (Å²) < 4.78 is 34.1. The van der Waals surface area contributed by atoms with Crippen molar-refractivity contribution < 1.29 is 37.8 Å². The number of carbonyl (C=O) groups excluding carboxylic acids is 4. The molecule has 4 rings (SSSR count). The molecule has 13 heteroatoms. The number of piperidine rings is 1. The number of likely N-dealkylation sites (N-methyl/N-ethyl adjacent to an activating group) is 1. The summed E-state index contributed by atoms with van der Waals surface area (Å²) in [5.41, 5.74) is 0.776. The summed E-state index contributed by atoms with van der Waals surface area (Å²) in [6.45, 7) is 7.77. The van der Waals surface area contributed by atoms with Crippen molar-refractivity contribution in [1.29, 1.82) is 0 Å². The van der Waals surface area contributed by atoms with Gasteiger partial charge in [-0.05, 0) is 81.3 Å². The van der Waals surface area contributed by atoms with Gasteiger partial charge in [0.05, 0.1) is 6.10 Å². The van der Waals surface area contributed by atoms with Crippen molar-refractivity contribution in [2.75, 3.05) is 33.3 Å². The van der Waals surface area contributed by atoms with E-state index >= 15 is 0 Å². The third kappa shape index (κ3) is 9.07. The fourth-order valence-electron chi connectivity index (χ4n) is 6.22. The number of hydrogen-bond donors (Lipinski definition) is 4. The van der Waals surface area contributed by atoms with Crippen LogP contribution in [0.3, 0.4) is 0 Å². The molecule has 2 bridgehead atoms. The first-order valence-corrected chi connectivity index (χ1v) is 16.4. The molecule has 2 aliphatic heterocycles. The number of halogens is 2. The van der Waals surface area contributed by atoms with Gasteiger partial charge in [0, 0.05) is 25.7 Å². The quantitative estimate of drug-likeness (QED) is 0.391. The Morgan fingerprint density at radius 3 is 2.33 bits per heavy atom. The van der Waals surface area contributed by atoms with Crippen LogP contribution >= 0.6 is 0 Å². The normalized spacial score (nSPS) is 24.1. The lowest BCUT2D eigenvalue weighted by Gasteiger charge is -2.42. The zero-order valence-electron chi connectivity index (χ0n) is 28.2. The maximum absolute atomic E-state index is 14.4. The number of benzene rings is 2. The molecular formula is C35H47F2N5O6. The highest BCUT2D eigenvalue weighted by Gasteiger charge is 2.38. The van der Waals surface area contributed by atoms with Gasteiger partial charge in [-0.25, -0.2) is 8.78 Å². The van der Waals surface area contributed by atoms with E-state index in [4.69, 9.17) is 4.74 Å². The van der Waals surface area contributed by atoms with Crippen molar-refractivity contribution >= 4 is 23.6 Å². The van der Waals surface area contributed by atoms with Crippen LogP contribution in [0.2, 0.25) is 0 Å². The Labute approximate surface area is 280 Å². The van der Waals surface area contributed by atoms with Gasteiger partial charge in [0.2, 0.25) is 17.7 Å². The standard InChI is InChI=1S/C35H47F2N5O6/c1-21(2)30-33(46)38-20-35(12-14-42(15-13-35)18-25-9-7-11-27(36)29(25)37)17-24-8-6-10-26(16-24)48-19-28(44)39-31(23(4)43)34(47)41(5)22(3)32(45)40-30/h6-11,16,21-23,30-31,43H,12-15,17-20H2,1-5H3,(H,38,46)(H,39,44)(H,40,45)/t22-,23+,30+,31-/m0/s1. The number of ether oxygens (including phenoxy) is 1. The molecule has 0 saturated carbocycles. The zero-order chi connectivity index (χ0) is 35.2. The second kappa shape index (κ2) is 15.9. The molecule has 1 fully saturated rings. The minimum Gasteiger partial charge on any atom is -0.484 e. The Morgan fingerprint density at radius 1 is 0.979 bits per heavy atom. The molecule has 1 spiro atoms. The van der Waals surface area contributed by atoms with Crippen LogP contribution in [-0.2, 0) is 32.1 Å². The number of aliphatic hydroxyl groups excluding tert-OH is 1. The number of nitrogens with one attached hydrogen (secondary N) is 3. The summed E-state index contributed by atoms with van der Waals surface area (Å²) in [7, 11) is 1.39. The van der Waals surface area contributed by atoms with Crippen molar-refractivity contribution in [2.45, 2.75) is 77.7 Å². The lowest BCUT2D eigenvalue weighted by Crippen LogP contribution is -2.59. The first-order chi connectivity index (χ1) is 22.7. The lowest BCUT2D eigenvalue weighted by atomic mass is 9.73. The molecule has 2 aliphatic rings. The van der Waals surface area contributed by atoms with Gasteiger partial charge < -0.3 is 30.7 Å². The molecule has 2 aromatic carbocycles. The number of hydrogen-bond acceptors (Lipinski definition) is 7. The van der Waals surface area contributed by atoms with Crippen molar-refractivity contribution in [3.8, 4) is 5.75 Å². The van der Waals surface area contributed by atoms with E-state index in [0.717, 1.165) is 16.5 Å². The largest absolute Gasteiger partial charge is 0.484 e. The number of amides is 4. The van der Waals surface area contributed by atoms with Crippen LogP contribution in [0, 0.1) is 23.0 Å². The molecule has 4 atom stereocenters. The molecule has 0 aromatic heterocycles. The van der Waals surface area contributed by atoms with Crippen LogP contribution in [-0.4, -0.2) is 96.1 Å². The van der Waals surface area contributed by atoms with Crippen molar-refractivity contribution in [3.63, 3.8) is 0 Å². The third-order valence-corrected chi connectivity index (χ3v) is 9.45. The molecule has 0 radical (unpaired) electrons. The van der Waals surface area contributed by atoms with Crippen LogP contribution in [0.25, 0.3) is 0 Å². The zero-order valence-corrected chi connectivity index (χ0v) is 28.2. The molecule has 2 aromatic rings. The van der Waals surface area contributed by atoms with E-state index in [0.29, 0.717) is 44.6 Å². The highest BCUT2D eigenvalue weighted by Crippen LogP contribution is 2.36. The summed E-state index contributed by atoms with van der Waals surface area (Å²) >= 11 is 0. The molecule has 4 N–H and O–H groups in total. The first-order valence-electron chi connectivity index (χ1n) is 16.4. The first kappa shape index (κ1) is 36.7. The minimum absolute atomic E-state index is 0.254. The van der Waals surface area contributed by atoms with E-state index in [2.05, 4.69) is 20.9 Å². The van der Waals surface area contributed by atoms with Crippen molar-refractivity contribution in [1.82, 2.24) is 25.8 Å². The molecule has 2 heterocycles. The van der Waals surface area contributed by atoms with Gasteiger partial charge in [-0.2, -0.15) is 0 Å². The van der Waals surface area contributed by atoms with Crippen LogP contribution in [0.5, 0.6) is 5.75 Å². The topological polar surface area (TPSA) is 140 Å². The van der Waals surface area contributed by atoms with Crippen LogP contribution in [0.1, 0.15) is 51.7 Å². The van der Waals surface area contributed by atoms with Crippen LogP contribution < -0.4 is 20.7 Å². The molecule has 11 nitrogen and oxygen atoms in total. The van der Waals surface area contributed by atoms with Gasteiger partial charge in [0.15, 0.2) is 18.2 Å².